The molecule has 0 spiro atoms. The Morgan fingerprint density at radius 1 is 0.846 bits per heavy atom. The van der Waals surface area contributed by atoms with E-state index in [2.05, 4.69) is 19.1 Å². The van der Waals surface area contributed by atoms with E-state index in [1.54, 1.807) is 13.8 Å². The first-order valence-corrected chi connectivity index (χ1v) is 10.6. The van der Waals surface area contributed by atoms with E-state index < -0.39 is 11.5 Å². The average molecular weight is 372 g/mol. The van der Waals surface area contributed by atoms with Gasteiger partial charge >= 0.3 is 5.97 Å². The molecule has 0 atom stereocenters. The summed E-state index contributed by atoms with van der Waals surface area (Å²) in [6, 6.07) is 0. The van der Waals surface area contributed by atoms with Gasteiger partial charge in [0.1, 0.15) is 0 Å². The number of carboxylic acid groups (broad SMARTS) is 1. The second-order valence-corrected chi connectivity index (χ2v) is 7.87. The van der Waals surface area contributed by atoms with Crippen LogP contribution in [0.4, 0.5) is 0 Å². The Hall–Kier alpha value is -0.870. The highest BCUT2D eigenvalue weighted by Crippen LogP contribution is 2.09. The van der Waals surface area contributed by atoms with Crippen LogP contribution in [-0.2, 0) is 4.79 Å². The zero-order valence-electron chi connectivity index (χ0n) is 17.6. The first-order chi connectivity index (χ1) is 12.3. The van der Waals surface area contributed by atoms with Gasteiger partial charge in [-0.3, -0.25) is 4.79 Å². The molecule has 0 aliphatic carbocycles. The first kappa shape index (κ1) is 27.3. The normalized spacial score (nSPS) is 11.4. The number of hydrogen-bond acceptors (Lipinski definition) is 3. The summed E-state index contributed by atoms with van der Waals surface area (Å²) in [6.45, 7) is 5.85. The Bertz CT molecular complexity index is 322. The van der Waals surface area contributed by atoms with Gasteiger partial charge in [0.05, 0.1) is 6.61 Å². The van der Waals surface area contributed by atoms with Gasteiger partial charge in [-0.15, -0.1) is 0 Å². The lowest BCUT2D eigenvalue weighted by Crippen LogP contribution is -2.35. The molecule has 156 valence electrons. The number of carboxylic acids is 1. The maximum absolute atomic E-state index is 10.3. The van der Waals surface area contributed by atoms with Gasteiger partial charge in [-0.25, -0.2) is 0 Å². The van der Waals surface area contributed by atoms with Gasteiger partial charge in [-0.05, 0) is 46.0 Å². The molecule has 0 radical (unpaired) electrons. The number of allylic oxidation sites excluding steroid dienone is 2. The van der Waals surface area contributed by atoms with Gasteiger partial charge in [0.15, 0.2) is 0 Å². The molecular formula is C22H45NO3. The fourth-order valence-corrected chi connectivity index (χ4v) is 2.35. The van der Waals surface area contributed by atoms with Crippen molar-refractivity contribution in [1.82, 2.24) is 0 Å². The van der Waals surface area contributed by atoms with Crippen molar-refractivity contribution in [3.05, 3.63) is 12.2 Å². The molecule has 0 rings (SSSR count). The molecule has 0 saturated heterocycles. The smallest absolute Gasteiger partial charge is 0.303 e. The minimum Gasteiger partial charge on any atom is -0.481 e. The van der Waals surface area contributed by atoms with E-state index in [1.807, 2.05) is 0 Å². The maximum atomic E-state index is 10.3. The van der Waals surface area contributed by atoms with E-state index >= 15 is 0 Å². The maximum Gasteiger partial charge on any atom is 0.303 e. The highest BCUT2D eigenvalue weighted by Gasteiger charge is 2.05. The molecule has 4 N–H and O–H groups in total. The molecule has 4 heteroatoms. The predicted molar refractivity (Wildman–Crippen MR) is 112 cm³/mol. The Labute approximate surface area is 162 Å². The van der Waals surface area contributed by atoms with E-state index in [0.717, 1.165) is 12.8 Å². The summed E-state index contributed by atoms with van der Waals surface area (Å²) in [4.78, 5) is 10.3. The monoisotopic (exact) mass is 371 g/mol. The van der Waals surface area contributed by atoms with Crippen molar-refractivity contribution in [3.63, 3.8) is 0 Å². The number of aliphatic carboxylic acids is 1. The van der Waals surface area contributed by atoms with Gasteiger partial charge in [-0.2, -0.15) is 0 Å². The summed E-state index contributed by atoms with van der Waals surface area (Å²) >= 11 is 0. The molecule has 0 aromatic rings. The van der Waals surface area contributed by atoms with Crippen LogP contribution in [0.15, 0.2) is 12.2 Å². The second kappa shape index (κ2) is 20.4. The number of nitrogens with two attached hydrogens (primary N) is 1. The molecule has 4 nitrogen and oxygen atoms in total. The number of rotatable bonds is 16. The van der Waals surface area contributed by atoms with E-state index in [0.29, 0.717) is 6.42 Å². The molecule has 0 aliphatic heterocycles. The van der Waals surface area contributed by atoms with Crippen LogP contribution >= 0.6 is 0 Å². The zero-order valence-corrected chi connectivity index (χ0v) is 17.6. The standard InChI is InChI=1S/C18H34O2.C4H11NO/c1-2-3-4-5-6-7-8-9-10-11-12-13-14-15-16-17-18(19)20;1-4(2,5)3-6/h9-10H,2-8,11-17H2,1H3,(H,19,20);6H,3,5H2,1-2H3/b10-9-;. The van der Waals surface area contributed by atoms with Crippen LogP contribution in [0.25, 0.3) is 0 Å². The van der Waals surface area contributed by atoms with Crippen molar-refractivity contribution in [2.45, 2.75) is 116 Å². The summed E-state index contributed by atoms with van der Waals surface area (Å²) in [6.07, 6.45) is 21.2. The SMILES string of the molecule is CC(C)(N)CO.CCCCCCCC/C=C\CCCCCCCC(=O)O. The van der Waals surface area contributed by atoms with Crippen LogP contribution in [0.5, 0.6) is 0 Å². The van der Waals surface area contributed by atoms with Crippen LogP contribution in [0.2, 0.25) is 0 Å². The van der Waals surface area contributed by atoms with E-state index in [-0.39, 0.29) is 6.61 Å². The number of carbonyl (C=O) groups is 1. The number of aliphatic hydroxyl groups excluding tert-OH is 1. The molecule has 0 aromatic carbocycles. The molecular weight excluding hydrogens is 326 g/mol. The Kier molecular flexibility index (Phi) is 21.5. The average Bonchev–Trinajstić information content (AvgIpc) is 2.58. The molecule has 0 unspecified atom stereocenters. The molecule has 0 fully saturated rings. The van der Waals surface area contributed by atoms with Crippen LogP contribution in [0.1, 0.15) is 111 Å². The molecule has 0 aromatic heterocycles. The summed E-state index contributed by atoms with van der Waals surface area (Å²) in [5.74, 6) is -0.664. The molecule has 0 aliphatic rings. The van der Waals surface area contributed by atoms with E-state index in [9.17, 15) is 4.79 Å². The number of unbranched alkanes of at least 4 members (excludes halogenated alkanes) is 11. The minimum atomic E-state index is -0.664. The largest absolute Gasteiger partial charge is 0.481 e. The predicted octanol–water partition coefficient (Wildman–Crippen LogP) is 5.82. The zero-order chi connectivity index (χ0) is 20.1. The third-order valence-corrected chi connectivity index (χ3v) is 4.06. The quantitative estimate of drug-likeness (QED) is 0.236. The van der Waals surface area contributed by atoms with Crippen molar-refractivity contribution in [2.24, 2.45) is 5.73 Å². The van der Waals surface area contributed by atoms with Crippen molar-refractivity contribution in [2.75, 3.05) is 6.61 Å². The van der Waals surface area contributed by atoms with Gasteiger partial charge in [-0.1, -0.05) is 70.4 Å². The summed E-state index contributed by atoms with van der Waals surface area (Å²) in [5.41, 5.74) is 4.88. The minimum absolute atomic E-state index is 0.0486. The second-order valence-electron chi connectivity index (χ2n) is 7.87. The van der Waals surface area contributed by atoms with Gasteiger partial charge in [0, 0.05) is 12.0 Å². The van der Waals surface area contributed by atoms with Crippen LogP contribution in [-0.4, -0.2) is 28.3 Å². The molecule has 0 amide bonds. The Balaban J connectivity index is 0. The molecule has 0 bridgehead atoms. The summed E-state index contributed by atoms with van der Waals surface area (Å²) < 4.78 is 0. The highest BCUT2D eigenvalue weighted by molar-refractivity contribution is 5.66. The van der Waals surface area contributed by atoms with Crippen molar-refractivity contribution >= 4 is 5.97 Å². The van der Waals surface area contributed by atoms with Crippen LogP contribution in [0, 0.1) is 0 Å². The lowest BCUT2D eigenvalue weighted by molar-refractivity contribution is -0.137. The van der Waals surface area contributed by atoms with Crippen molar-refractivity contribution < 1.29 is 15.0 Å². The molecule has 0 saturated carbocycles. The topological polar surface area (TPSA) is 83.5 Å². The first-order valence-electron chi connectivity index (χ1n) is 10.6. The fourth-order valence-electron chi connectivity index (χ4n) is 2.35. The lowest BCUT2D eigenvalue weighted by atomic mass is 10.1. The van der Waals surface area contributed by atoms with E-state index in [4.69, 9.17) is 15.9 Å². The Morgan fingerprint density at radius 2 is 1.23 bits per heavy atom. The van der Waals surface area contributed by atoms with Gasteiger partial charge < -0.3 is 15.9 Å². The Morgan fingerprint density at radius 3 is 1.62 bits per heavy atom. The third-order valence-electron chi connectivity index (χ3n) is 4.06. The van der Waals surface area contributed by atoms with Gasteiger partial charge in [0.25, 0.3) is 0 Å². The van der Waals surface area contributed by atoms with Crippen molar-refractivity contribution in [1.29, 1.82) is 0 Å². The van der Waals surface area contributed by atoms with E-state index in [1.165, 1.54) is 70.6 Å². The van der Waals surface area contributed by atoms with Gasteiger partial charge in [0.2, 0.25) is 0 Å². The summed E-state index contributed by atoms with van der Waals surface area (Å²) in [5, 5.41) is 16.8. The summed E-state index contributed by atoms with van der Waals surface area (Å²) in [7, 11) is 0. The molecule has 0 heterocycles. The van der Waals surface area contributed by atoms with Crippen LogP contribution < -0.4 is 5.73 Å². The lowest BCUT2D eigenvalue weighted by Gasteiger charge is -2.12. The third kappa shape index (κ3) is 31.0. The number of aliphatic hydroxyl groups is 1. The number of hydrogen-bond donors (Lipinski definition) is 3. The highest BCUT2D eigenvalue weighted by atomic mass is 16.4. The van der Waals surface area contributed by atoms with Crippen molar-refractivity contribution in [3.8, 4) is 0 Å². The molecule has 26 heavy (non-hydrogen) atoms. The fraction of sp³-hybridized carbons (Fsp3) is 0.864. The van der Waals surface area contributed by atoms with Crippen LogP contribution in [0.3, 0.4) is 0 Å².